The molecule has 0 spiro atoms. The first kappa shape index (κ1) is 22.7. The second-order valence-electron chi connectivity index (χ2n) is 6.73. The van der Waals surface area contributed by atoms with Crippen molar-refractivity contribution >= 4 is 23.8 Å². The van der Waals surface area contributed by atoms with Gasteiger partial charge in [0.1, 0.15) is 5.75 Å². The number of ether oxygens (including phenoxy) is 2. The van der Waals surface area contributed by atoms with E-state index in [1.807, 2.05) is 0 Å². The highest BCUT2D eigenvalue weighted by Gasteiger charge is 2.34. The van der Waals surface area contributed by atoms with Gasteiger partial charge in [-0.15, -0.1) is 0 Å². The summed E-state index contributed by atoms with van der Waals surface area (Å²) in [6.07, 6.45) is 0. The fourth-order valence-electron chi connectivity index (χ4n) is 2.83. The molecule has 1 heterocycles. The molecule has 10 nitrogen and oxygen atoms in total. The normalized spacial score (nSPS) is 15.8. The van der Waals surface area contributed by atoms with Crippen LogP contribution in [0.15, 0.2) is 35.5 Å². The predicted molar refractivity (Wildman–Crippen MR) is 107 cm³/mol. The molecule has 0 fully saturated rings. The molecular weight excluding hydrogens is 392 g/mol. The Morgan fingerprint density at radius 2 is 1.80 bits per heavy atom. The average Bonchev–Trinajstić information content (AvgIpc) is 2.71. The maximum Gasteiger partial charge on any atom is 0.338 e. The Hall–Kier alpha value is -3.56. The number of benzene rings is 1. The molecule has 162 valence electrons. The lowest BCUT2D eigenvalue weighted by Crippen LogP contribution is -2.50. The van der Waals surface area contributed by atoms with E-state index >= 15 is 0 Å². The lowest BCUT2D eigenvalue weighted by molar-refractivity contribution is -0.139. The Balaban J connectivity index is 2.34. The van der Waals surface area contributed by atoms with Gasteiger partial charge in [0.2, 0.25) is 0 Å². The number of hydrogen-bond acceptors (Lipinski definition) is 6. The molecule has 4 N–H and O–H groups in total. The van der Waals surface area contributed by atoms with Crippen LogP contribution in [0.1, 0.15) is 32.4 Å². The van der Waals surface area contributed by atoms with Gasteiger partial charge >= 0.3 is 23.8 Å². The molecule has 4 amide bonds. The summed E-state index contributed by atoms with van der Waals surface area (Å²) >= 11 is 0. The lowest BCUT2D eigenvalue weighted by atomic mass is 9.95. The molecule has 0 radical (unpaired) electrons. The Morgan fingerprint density at radius 3 is 2.37 bits per heavy atom. The van der Waals surface area contributed by atoms with Crippen LogP contribution in [-0.4, -0.2) is 50.1 Å². The monoisotopic (exact) mass is 418 g/mol. The van der Waals surface area contributed by atoms with Crippen molar-refractivity contribution < 1.29 is 28.7 Å². The van der Waals surface area contributed by atoms with Crippen molar-refractivity contribution in [3.8, 4) is 5.75 Å². The molecule has 0 aliphatic carbocycles. The van der Waals surface area contributed by atoms with E-state index in [9.17, 15) is 19.2 Å². The standard InChI is InChI=1S/C20H26N4O6/c1-5-30-19(27)15-14(10-21-17(25)18(26)22-11(2)3)23-20(28)24-16(15)12-6-8-13(29-4)9-7-12/h6-9,11,16H,5,10H2,1-4H3,(H,21,25)(H,22,26)(H2,23,24,28)/t16-/m1/s1. The van der Waals surface area contributed by atoms with Gasteiger partial charge in [-0.2, -0.15) is 0 Å². The maximum absolute atomic E-state index is 12.7. The van der Waals surface area contributed by atoms with Crippen LogP contribution in [0.4, 0.5) is 4.79 Å². The zero-order valence-corrected chi connectivity index (χ0v) is 17.3. The van der Waals surface area contributed by atoms with Gasteiger partial charge in [0.05, 0.1) is 37.6 Å². The molecule has 0 unspecified atom stereocenters. The van der Waals surface area contributed by atoms with E-state index in [-0.39, 0.29) is 30.5 Å². The van der Waals surface area contributed by atoms with Gasteiger partial charge in [0.15, 0.2) is 0 Å². The largest absolute Gasteiger partial charge is 0.497 e. The predicted octanol–water partition coefficient (Wildman–Crippen LogP) is 0.507. The van der Waals surface area contributed by atoms with Crippen molar-refractivity contribution in [2.75, 3.05) is 20.3 Å². The van der Waals surface area contributed by atoms with Crippen LogP contribution in [0.25, 0.3) is 0 Å². The van der Waals surface area contributed by atoms with Crippen molar-refractivity contribution in [2.24, 2.45) is 0 Å². The second kappa shape index (κ2) is 10.3. The van der Waals surface area contributed by atoms with Gasteiger partial charge in [-0.05, 0) is 38.5 Å². The molecule has 0 saturated carbocycles. The molecule has 0 saturated heterocycles. The number of carbonyl (C=O) groups is 4. The fraction of sp³-hybridized carbons (Fsp3) is 0.400. The van der Waals surface area contributed by atoms with Crippen molar-refractivity contribution in [1.29, 1.82) is 0 Å². The van der Waals surface area contributed by atoms with Gasteiger partial charge in [0, 0.05) is 6.04 Å². The zero-order chi connectivity index (χ0) is 22.3. The lowest BCUT2D eigenvalue weighted by Gasteiger charge is -2.29. The average molecular weight is 418 g/mol. The first-order chi connectivity index (χ1) is 14.3. The van der Waals surface area contributed by atoms with Crippen LogP contribution in [-0.2, 0) is 19.1 Å². The number of carbonyl (C=O) groups excluding carboxylic acids is 4. The summed E-state index contributed by atoms with van der Waals surface area (Å²) in [5, 5.41) is 10.1. The van der Waals surface area contributed by atoms with Crippen molar-refractivity contribution in [3.63, 3.8) is 0 Å². The summed E-state index contributed by atoms with van der Waals surface area (Å²) in [4.78, 5) is 48.7. The van der Waals surface area contributed by atoms with Gasteiger partial charge in [0.25, 0.3) is 0 Å². The topological polar surface area (TPSA) is 135 Å². The van der Waals surface area contributed by atoms with E-state index < -0.39 is 29.9 Å². The third-order valence-electron chi connectivity index (χ3n) is 4.15. The van der Waals surface area contributed by atoms with E-state index in [2.05, 4.69) is 21.3 Å². The van der Waals surface area contributed by atoms with Crippen LogP contribution >= 0.6 is 0 Å². The maximum atomic E-state index is 12.7. The van der Waals surface area contributed by atoms with Crippen LogP contribution in [0.2, 0.25) is 0 Å². The van der Waals surface area contributed by atoms with E-state index in [1.165, 1.54) is 7.11 Å². The van der Waals surface area contributed by atoms with Gasteiger partial charge in [-0.3, -0.25) is 9.59 Å². The summed E-state index contributed by atoms with van der Waals surface area (Å²) in [5.41, 5.74) is 0.894. The highest BCUT2D eigenvalue weighted by molar-refractivity contribution is 6.35. The third-order valence-corrected chi connectivity index (χ3v) is 4.15. The van der Waals surface area contributed by atoms with Gasteiger partial charge in [-0.1, -0.05) is 12.1 Å². The number of esters is 1. The molecule has 1 aliphatic heterocycles. The quantitative estimate of drug-likeness (QED) is 0.376. The summed E-state index contributed by atoms with van der Waals surface area (Å²) < 4.78 is 10.3. The Morgan fingerprint density at radius 1 is 1.13 bits per heavy atom. The molecule has 1 aromatic rings. The second-order valence-corrected chi connectivity index (χ2v) is 6.73. The molecule has 1 aliphatic rings. The number of nitrogens with one attached hydrogen (secondary N) is 4. The summed E-state index contributed by atoms with van der Waals surface area (Å²) in [7, 11) is 1.53. The summed E-state index contributed by atoms with van der Waals surface area (Å²) in [6.45, 7) is 4.99. The number of methoxy groups -OCH3 is 1. The molecule has 10 heteroatoms. The summed E-state index contributed by atoms with van der Waals surface area (Å²) in [6, 6.07) is 5.24. The van der Waals surface area contributed by atoms with E-state index in [1.54, 1.807) is 45.0 Å². The minimum Gasteiger partial charge on any atom is -0.497 e. The highest BCUT2D eigenvalue weighted by atomic mass is 16.5. The van der Waals surface area contributed by atoms with E-state index in [4.69, 9.17) is 9.47 Å². The van der Waals surface area contributed by atoms with E-state index in [0.29, 0.717) is 11.3 Å². The fourth-order valence-corrected chi connectivity index (χ4v) is 2.83. The Bertz CT molecular complexity index is 847. The molecule has 30 heavy (non-hydrogen) atoms. The minimum absolute atomic E-state index is 0.127. The number of urea groups is 1. The van der Waals surface area contributed by atoms with Crippen LogP contribution in [0.3, 0.4) is 0 Å². The molecule has 0 bridgehead atoms. The van der Waals surface area contributed by atoms with Crippen LogP contribution < -0.4 is 26.0 Å². The zero-order valence-electron chi connectivity index (χ0n) is 17.3. The van der Waals surface area contributed by atoms with Gasteiger partial charge < -0.3 is 30.7 Å². The Labute approximate surface area is 174 Å². The Kier molecular flexibility index (Phi) is 7.79. The van der Waals surface area contributed by atoms with Crippen LogP contribution in [0, 0.1) is 0 Å². The molecule has 1 aromatic carbocycles. The van der Waals surface area contributed by atoms with E-state index in [0.717, 1.165) is 0 Å². The highest BCUT2D eigenvalue weighted by Crippen LogP contribution is 2.28. The number of hydrogen-bond donors (Lipinski definition) is 4. The molecular formula is C20H26N4O6. The van der Waals surface area contributed by atoms with Crippen LogP contribution in [0.5, 0.6) is 5.75 Å². The van der Waals surface area contributed by atoms with Gasteiger partial charge in [-0.25, -0.2) is 9.59 Å². The van der Waals surface area contributed by atoms with Crippen molar-refractivity contribution in [2.45, 2.75) is 32.9 Å². The van der Waals surface area contributed by atoms with Crippen molar-refractivity contribution in [3.05, 3.63) is 41.1 Å². The molecule has 2 rings (SSSR count). The third kappa shape index (κ3) is 5.72. The van der Waals surface area contributed by atoms with Crippen molar-refractivity contribution in [1.82, 2.24) is 21.3 Å². The first-order valence-corrected chi connectivity index (χ1v) is 9.47. The smallest absolute Gasteiger partial charge is 0.338 e. The minimum atomic E-state index is -0.881. The molecule has 1 atom stereocenters. The first-order valence-electron chi connectivity index (χ1n) is 9.47. The molecule has 0 aromatic heterocycles. The summed E-state index contributed by atoms with van der Waals surface area (Å²) in [5.74, 6) is -1.73. The number of amides is 4. The SMILES string of the molecule is CCOC(=O)C1=C(CNC(=O)C(=O)NC(C)C)NC(=O)N[C@@H]1c1ccc(OC)cc1. The number of rotatable bonds is 7.